The minimum absolute atomic E-state index is 0.0424. The summed E-state index contributed by atoms with van der Waals surface area (Å²) in [5, 5.41) is 13.6. The number of imide groups is 1. The largest absolute Gasteiger partial charge is 0.481 e. The number of nitrogens with one attached hydrogen (secondary N) is 2. The van der Waals surface area contributed by atoms with Crippen molar-refractivity contribution in [2.75, 3.05) is 0 Å². The van der Waals surface area contributed by atoms with E-state index in [2.05, 4.69) is 17.6 Å². The molecule has 0 saturated heterocycles. The maximum absolute atomic E-state index is 11.6. The van der Waals surface area contributed by atoms with E-state index in [9.17, 15) is 14.4 Å². The summed E-state index contributed by atoms with van der Waals surface area (Å²) in [7, 11) is 0. The van der Waals surface area contributed by atoms with E-state index in [1.807, 2.05) is 0 Å². The molecule has 3 unspecified atom stereocenters. The summed E-state index contributed by atoms with van der Waals surface area (Å²) >= 11 is 0. The number of carboxylic acid groups (broad SMARTS) is 1. The number of amides is 3. The van der Waals surface area contributed by atoms with Crippen molar-refractivity contribution in [3.05, 3.63) is 0 Å². The Morgan fingerprint density at radius 1 is 1.26 bits per heavy atom. The molecule has 19 heavy (non-hydrogen) atoms. The monoisotopic (exact) mass is 270 g/mol. The average Bonchev–Trinajstić information content (AvgIpc) is 2.61. The zero-order valence-corrected chi connectivity index (χ0v) is 11.4. The number of carbonyl (C=O) groups is 3. The highest BCUT2D eigenvalue weighted by Gasteiger charge is 2.23. The van der Waals surface area contributed by atoms with Gasteiger partial charge in [-0.1, -0.05) is 13.8 Å². The van der Waals surface area contributed by atoms with E-state index < -0.39 is 17.9 Å². The van der Waals surface area contributed by atoms with Gasteiger partial charge in [-0.05, 0) is 31.1 Å². The van der Waals surface area contributed by atoms with Gasteiger partial charge in [0.1, 0.15) is 0 Å². The Hall–Kier alpha value is -1.59. The van der Waals surface area contributed by atoms with Gasteiger partial charge in [0.2, 0.25) is 5.91 Å². The second kappa shape index (κ2) is 7.11. The van der Waals surface area contributed by atoms with Crippen LogP contribution in [-0.2, 0) is 9.59 Å². The summed E-state index contributed by atoms with van der Waals surface area (Å²) < 4.78 is 0. The number of hydrogen-bond donors (Lipinski definition) is 3. The van der Waals surface area contributed by atoms with Crippen LogP contribution in [0.15, 0.2) is 0 Å². The molecular formula is C13H22N2O4. The fourth-order valence-corrected chi connectivity index (χ4v) is 2.42. The smallest absolute Gasteiger partial charge is 0.321 e. The lowest BCUT2D eigenvalue weighted by molar-refractivity contribution is -0.138. The molecule has 0 heterocycles. The van der Waals surface area contributed by atoms with Crippen LogP contribution < -0.4 is 10.6 Å². The first-order valence-corrected chi connectivity index (χ1v) is 6.69. The van der Waals surface area contributed by atoms with Crippen molar-refractivity contribution >= 4 is 17.9 Å². The van der Waals surface area contributed by atoms with Gasteiger partial charge in [-0.25, -0.2) is 4.79 Å². The molecule has 6 nitrogen and oxygen atoms in total. The number of rotatable bonds is 5. The van der Waals surface area contributed by atoms with Crippen molar-refractivity contribution in [2.24, 2.45) is 11.8 Å². The second-order valence-corrected chi connectivity index (χ2v) is 5.54. The number of hydrogen-bond acceptors (Lipinski definition) is 3. The number of carboxylic acids is 1. The number of aliphatic carboxylic acids is 1. The third-order valence-corrected chi connectivity index (χ3v) is 3.34. The highest BCUT2D eigenvalue weighted by Crippen LogP contribution is 2.24. The highest BCUT2D eigenvalue weighted by atomic mass is 16.4. The van der Waals surface area contributed by atoms with Crippen molar-refractivity contribution in [2.45, 2.75) is 52.0 Å². The van der Waals surface area contributed by atoms with Crippen LogP contribution in [-0.4, -0.2) is 29.1 Å². The van der Waals surface area contributed by atoms with Crippen molar-refractivity contribution in [3.8, 4) is 0 Å². The van der Waals surface area contributed by atoms with E-state index in [-0.39, 0.29) is 24.8 Å². The lowest BCUT2D eigenvalue weighted by atomic mass is 10.0. The summed E-state index contributed by atoms with van der Waals surface area (Å²) in [5.74, 6) is -1.05. The molecule has 3 N–H and O–H groups in total. The van der Waals surface area contributed by atoms with Gasteiger partial charge in [0.05, 0.1) is 0 Å². The van der Waals surface area contributed by atoms with Gasteiger partial charge in [0, 0.05) is 18.9 Å². The van der Waals surface area contributed by atoms with Gasteiger partial charge >= 0.3 is 12.0 Å². The summed E-state index contributed by atoms with van der Waals surface area (Å²) in [4.78, 5) is 33.5. The van der Waals surface area contributed by atoms with Crippen molar-refractivity contribution in [3.63, 3.8) is 0 Å². The maximum Gasteiger partial charge on any atom is 0.321 e. The van der Waals surface area contributed by atoms with E-state index in [4.69, 9.17) is 5.11 Å². The van der Waals surface area contributed by atoms with E-state index in [1.54, 1.807) is 6.92 Å². The van der Waals surface area contributed by atoms with E-state index in [1.165, 1.54) is 0 Å². The molecule has 0 spiro atoms. The van der Waals surface area contributed by atoms with Crippen molar-refractivity contribution in [1.82, 2.24) is 10.6 Å². The minimum Gasteiger partial charge on any atom is -0.481 e. The van der Waals surface area contributed by atoms with Gasteiger partial charge < -0.3 is 10.4 Å². The Kier molecular flexibility index (Phi) is 5.79. The van der Waals surface area contributed by atoms with Crippen LogP contribution in [0.5, 0.6) is 0 Å². The molecule has 0 bridgehead atoms. The molecule has 0 aliphatic heterocycles. The van der Waals surface area contributed by atoms with Gasteiger partial charge in [-0.2, -0.15) is 0 Å². The molecule has 3 atom stereocenters. The average molecular weight is 270 g/mol. The Morgan fingerprint density at radius 3 is 2.47 bits per heavy atom. The molecule has 3 amide bonds. The summed E-state index contributed by atoms with van der Waals surface area (Å²) in [6.45, 7) is 3.81. The molecule has 1 aliphatic carbocycles. The first-order valence-electron chi connectivity index (χ1n) is 6.69. The fourth-order valence-electron chi connectivity index (χ4n) is 2.42. The third-order valence-electron chi connectivity index (χ3n) is 3.34. The molecule has 0 aromatic rings. The van der Waals surface area contributed by atoms with Crippen LogP contribution in [0.25, 0.3) is 0 Å². The standard InChI is InChI=1S/C13H22N2O4/c1-8-3-4-10(5-8)14-13(19)15-11(16)6-9(2)7-12(17)18/h8-10H,3-7H2,1-2H3,(H,17,18)(H2,14,15,16,19). The first kappa shape index (κ1) is 15.5. The third kappa shape index (κ3) is 6.22. The fraction of sp³-hybridized carbons (Fsp3) is 0.769. The van der Waals surface area contributed by atoms with Gasteiger partial charge in [-0.15, -0.1) is 0 Å². The molecule has 0 aromatic heterocycles. The van der Waals surface area contributed by atoms with Crippen LogP contribution in [0.4, 0.5) is 4.79 Å². The van der Waals surface area contributed by atoms with E-state index in [0.29, 0.717) is 5.92 Å². The quantitative estimate of drug-likeness (QED) is 0.705. The van der Waals surface area contributed by atoms with Crippen LogP contribution >= 0.6 is 0 Å². The van der Waals surface area contributed by atoms with Crippen LogP contribution in [0, 0.1) is 11.8 Å². The van der Waals surface area contributed by atoms with Crippen molar-refractivity contribution < 1.29 is 19.5 Å². The van der Waals surface area contributed by atoms with Crippen molar-refractivity contribution in [1.29, 1.82) is 0 Å². The Labute approximate surface area is 112 Å². The molecule has 0 aromatic carbocycles. The number of urea groups is 1. The minimum atomic E-state index is -0.940. The molecule has 6 heteroatoms. The summed E-state index contributed by atoms with van der Waals surface area (Å²) in [5.41, 5.74) is 0. The van der Waals surface area contributed by atoms with E-state index >= 15 is 0 Å². The second-order valence-electron chi connectivity index (χ2n) is 5.54. The van der Waals surface area contributed by atoms with Crippen LogP contribution in [0.2, 0.25) is 0 Å². The predicted octanol–water partition coefficient (Wildman–Crippen LogP) is 1.50. The molecule has 0 radical (unpaired) electrons. The Balaban J connectivity index is 2.24. The summed E-state index contributed by atoms with van der Waals surface area (Å²) in [6, 6.07) is -0.342. The van der Waals surface area contributed by atoms with Crippen LogP contribution in [0.3, 0.4) is 0 Å². The summed E-state index contributed by atoms with van der Waals surface area (Å²) in [6.07, 6.45) is 2.94. The van der Waals surface area contributed by atoms with Gasteiger partial charge in [0.25, 0.3) is 0 Å². The van der Waals surface area contributed by atoms with E-state index in [0.717, 1.165) is 19.3 Å². The van der Waals surface area contributed by atoms with Gasteiger partial charge in [-0.3, -0.25) is 14.9 Å². The zero-order valence-electron chi connectivity index (χ0n) is 11.4. The predicted molar refractivity (Wildman–Crippen MR) is 69.5 cm³/mol. The normalized spacial score (nSPS) is 23.7. The Morgan fingerprint density at radius 2 is 1.95 bits per heavy atom. The zero-order chi connectivity index (χ0) is 14.4. The first-order chi connectivity index (χ1) is 8.86. The van der Waals surface area contributed by atoms with Gasteiger partial charge in [0.15, 0.2) is 0 Å². The molecule has 1 saturated carbocycles. The molecular weight excluding hydrogens is 248 g/mol. The molecule has 1 rings (SSSR count). The molecule has 1 aliphatic rings. The molecule has 1 fully saturated rings. The number of carbonyl (C=O) groups excluding carboxylic acids is 2. The SMILES string of the molecule is CC(CC(=O)O)CC(=O)NC(=O)NC1CCC(C)C1. The van der Waals surface area contributed by atoms with Crippen LogP contribution in [0.1, 0.15) is 46.0 Å². The lowest BCUT2D eigenvalue weighted by Crippen LogP contribution is -2.44. The molecule has 108 valence electrons. The highest BCUT2D eigenvalue weighted by molar-refractivity contribution is 5.94. The topological polar surface area (TPSA) is 95.5 Å². The lowest BCUT2D eigenvalue weighted by Gasteiger charge is -2.13. The maximum atomic E-state index is 11.6. The Bertz CT molecular complexity index is 357.